The van der Waals surface area contributed by atoms with Crippen molar-refractivity contribution in [1.29, 1.82) is 0 Å². The molecule has 1 aromatic heterocycles. The van der Waals surface area contributed by atoms with Gasteiger partial charge in [0.05, 0.1) is 15.8 Å². The molecule has 3 rings (SSSR count). The minimum absolute atomic E-state index is 0.0699. The molecule has 3 aromatic rings. The summed E-state index contributed by atoms with van der Waals surface area (Å²) in [7, 11) is 3.97. The van der Waals surface area contributed by atoms with Crippen LogP contribution >= 0.6 is 38.9 Å². The molecule has 0 aliphatic carbocycles. The fourth-order valence-electron chi connectivity index (χ4n) is 2.37. The summed E-state index contributed by atoms with van der Waals surface area (Å²) in [4.78, 5) is 21.6. The summed E-state index contributed by atoms with van der Waals surface area (Å²) in [6.45, 7) is 1.30. The molecule has 0 atom stereocenters. The number of hydrogen-bond donors (Lipinski definition) is 0. The third-order valence-corrected chi connectivity index (χ3v) is 5.66. The Morgan fingerprint density at radius 1 is 1.20 bits per heavy atom. The van der Waals surface area contributed by atoms with Gasteiger partial charge in [-0.1, -0.05) is 35.1 Å². The summed E-state index contributed by atoms with van der Waals surface area (Å²) >= 11 is 11.0. The Bertz CT molecular complexity index is 912. The summed E-state index contributed by atoms with van der Waals surface area (Å²) in [6.07, 6.45) is 0. The van der Waals surface area contributed by atoms with Crippen LogP contribution in [0.4, 0.5) is 5.13 Å². The first-order chi connectivity index (χ1) is 12.0. The number of aromatic nitrogens is 1. The van der Waals surface area contributed by atoms with Crippen molar-refractivity contribution in [3.63, 3.8) is 0 Å². The van der Waals surface area contributed by atoms with Crippen LogP contribution in [0.25, 0.3) is 10.2 Å². The highest BCUT2D eigenvalue weighted by atomic mass is 79.9. The number of fused-ring (bicyclic) bond motifs is 1. The average Bonchev–Trinajstić information content (AvgIpc) is 2.97. The number of likely N-dealkylation sites (N-methyl/N-ethyl adjacent to an activating group) is 1. The van der Waals surface area contributed by atoms with Gasteiger partial charge in [-0.2, -0.15) is 0 Å². The second-order valence-electron chi connectivity index (χ2n) is 5.85. The Morgan fingerprint density at radius 2 is 1.96 bits per heavy atom. The van der Waals surface area contributed by atoms with E-state index < -0.39 is 0 Å². The van der Waals surface area contributed by atoms with Gasteiger partial charge < -0.3 is 4.90 Å². The number of anilines is 1. The maximum atomic E-state index is 13.1. The van der Waals surface area contributed by atoms with Crippen LogP contribution in [0.2, 0.25) is 5.02 Å². The second kappa shape index (κ2) is 7.83. The minimum atomic E-state index is -0.0699. The van der Waals surface area contributed by atoms with Gasteiger partial charge in [-0.25, -0.2) is 4.98 Å². The van der Waals surface area contributed by atoms with Gasteiger partial charge in [-0.05, 0) is 60.4 Å². The molecule has 1 amide bonds. The van der Waals surface area contributed by atoms with Crippen LogP contribution in [0.1, 0.15) is 10.4 Å². The van der Waals surface area contributed by atoms with E-state index in [0.29, 0.717) is 22.3 Å². The fraction of sp³-hybridized carbons (Fsp3) is 0.222. The quantitative estimate of drug-likeness (QED) is 0.567. The summed E-state index contributed by atoms with van der Waals surface area (Å²) < 4.78 is 1.75. The molecule has 0 radical (unpaired) electrons. The number of carbonyl (C=O) groups excluding carboxylic acids is 1. The van der Waals surface area contributed by atoms with E-state index in [9.17, 15) is 4.79 Å². The minimum Gasteiger partial charge on any atom is -0.308 e. The van der Waals surface area contributed by atoms with Crippen LogP contribution in [0.15, 0.2) is 46.9 Å². The van der Waals surface area contributed by atoms with E-state index in [0.717, 1.165) is 21.2 Å². The number of thiazole rings is 1. The monoisotopic (exact) mass is 437 g/mol. The Kier molecular flexibility index (Phi) is 5.74. The molecule has 1 heterocycles. The van der Waals surface area contributed by atoms with E-state index in [1.165, 1.54) is 11.3 Å². The Hall–Kier alpha value is -1.47. The van der Waals surface area contributed by atoms with Crippen LogP contribution in [0.5, 0.6) is 0 Å². The van der Waals surface area contributed by atoms with Gasteiger partial charge in [0.25, 0.3) is 5.91 Å². The summed E-state index contributed by atoms with van der Waals surface area (Å²) in [6, 6.07) is 13.0. The zero-order chi connectivity index (χ0) is 18.0. The number of benzene rings is 2. The van der Waals surface area contributed by atoms with Crippen LogP contribution in [0.3, 0.4) is 0 Å². The highest BCUT2D eigenvalue weighted by molar-refractivity contribution is 9.10. The maximum Gasteiger partial charge on any atom is 0.261 e. The zero-order valence-corrected chi connectivity index (χ0v) is 17.0. The Morgan fingerprint density at radius 3 is 2.68 bits per heavy atom. The van der Waals surface area contributed by atoms with Gasteiger partial charge in [0, 0.05) is 22.6 Å². The highest BCUT2D eigenvalue weighted by Crippen LogP contribution is 2.32. The van der Waals surface area contributed by atoms with Crippen molar-refractivity contribution in [2.24, 2.45) is 0 Å². The lowest BCUT2D eigenvalue weighted by Gasteiger charge is -2.22. The molecular weight excluding hydrogens is 422 g/mol. The molecular formula is C18H17BrClN3OS. The predicted octanol–water partition coefficient (Wildman–Crippen LogP) is 4.92. The molecule has 0 saturated heterocycles. The van der Waals surface area contributed by atoms with E-state index in [-0.39, 0.29) is 5.91 Å². The van der Waals surface area contributed by atoms with Crippen LogP contribution in [0, 0.1) is 0 Å². The lowest BCUT2D eigenvalue weighted by atomic mass is 10.2. The van der Waals surface area contributed by atoms with Gasteiger partial charge in [0.2, 0.25) is 0 Å². The molecule has 0 unspecified atom stereocenters. The summed E-state index contributed by atoms with van der Waals surface area (Å²) in [5, 5.41) is 1.35. The lowest BCUT2D eigenvalue weighted by molar-refractivity contribution is 0.0984. The summed E-state index contributed by atoms with van der Waals surface area (Å²) in [5.74, 6) is -0.0699. The second-order valence-corrected chi connectivity index (χ2v) is 8.15. The van der Waals surface area contributed by atoms with Crippen molar-refractivity contribution < 1.29 is 4.79 Å². The van der Waals surface area contributed by atoms with Gasteiger partial charge in [-0.15, -0.1) is 0 Å². The molecule has 0 fully saturated rings. The predicted molar refractivity (Wildman–Crippen MR) is 109 cm³/mol. The largest absolute Gasteiger partial charge is 0.308 e. The van der Waals surface area contributed by atoms with E-state index in [1.807, 2.05) is 61.5 Å². The third kappa shape index (κ3) is 4.20. The van der Waals surface area contributed by atoms with Gasteiger partial charge in [0.15, 0.2) is 5.13 Å². The molecule has 0 saturated carbocycles. The Balaban J connectivity index is 2.01. The number of amides is 1. The van der Waals surface area contributed by atoms with E-state index >= 15 is 0 Å². The SMILES string of the molecule is CN(C)CCN(C(=O)c1ccccc1Br)c1nc2ccc(Cl)cc2s1. The summed E-state index contributed by atoms with van der Waals surface area (Å²) in [5.41, 5.74) is 1.47. The molecule has 7 heteroatoms. The molecule has 0 aliphatic heterocycles. The van der Waals surface area contributed by atoms with Crippen molar-refractivity contribution >= 4 is 60.1 Å². The number of halogens is 2. The van der Waals surface area contributed by atoms with Crippen molar-refractivity contribution in [3.8, 4) is 0 Å². The van der Waals surface area contributed by atoms with E-state index in [1.54, 1.807) is 4.90 Å². The fourth-order valence-corrected chi connectivity index (χ4v) is 4.09. The van der Waals surface area contributed by atoms with E-state index in [2.05, 4.69) is 20.9 Å². The molecule has 0 spiro atoms. The molecule has 0 bridgehead atoms. The van der Waals surface area contributed by atoms with Crippen LogP contribution in [-0.2, 0) is 0 Å². The number of hydrogen-bond acceptors (Lipinski definition) is 4. The van der Waals surface area contributed by atoms with Crippen LogP contribution in [-0.4, -0.2) is 43.0 Å². The highest BCUT2D eigenvalue weighted by Gasteiger charge is 2.22. The van der Waals surface area contributed by atoms with Crippen molar-refractivity contribution in [3.05, 3.63) is 57.5 Å². The molecule has 2 aromatic carbocycles. The van der Waals surface area contributed by atoms with Gasteiger partial charge >= 0.3 is 0 Å². The first-order valence-corrected chi connectivity index (χ1v) is 9.71. The number of nitrogens with zero attached hydrogens (tertiary/aromatic N) is 3. The normalized spacial score (nSPS) is 11.2. The van der Waals surface area contributed by atoms with Gasteiger partial charge in [0.1, 0.15) is 0 Å². The third-order valence-electron chi connectivity index (χ3n) is 3.69. The van der Waals surface area contributed by atoms with Crippen molar-refractivity contribution in [2.45, 2.75) is 0 Å². The zero-order valence-electron chi connectivity index (χ0n) is 13.9. The van der Waals surface area contributed by atoms with Crippen molar-refractivity contribution in [1.82, 2.24) is 9.88 Å². The Labute approximate surface area is 164 Å². The molecule has 25 heavy (non-hydrogen) atoms. The standard InChI is InChI=1S/C18H17BrClN3OS/c1-22(2)9-10-23(17(24)13-5-3-4-6-14(13)19)18-21-15-8-7-12(20)11-16(15)25-18/h3-8,11H,9-10H2,1-2H3. The van der Waals surface area contributed by atoms with E-state index in [4.69, 9.17) is 11.6 Å². The topological polar surface area (TPSA) is 36.4 Å². The molecule has 130 valence electrons. The van der Waals surface area contributed by atoms with Gasteiger partial charge in [-0.3, -0.25) is 9.69 Å². The first kappa shape index (κ1) is 18.3. The lowest BCUT2D eigenvalue weighted by Crippen LogP contribution is -2.36. The number of carbonyl (C=O) groups is 1. The van der Waals surface area contributed by atoms with Crippen molar-refractivity contribution in [2.75, 3.05) is 32.1 Å². The molecule has 0 aliphatic rings. The first-order valence-electron chi connectivity index (χ1n) is 7.73. The molecule has 0 N–H and O–H groups in total. The smallest absolute Gasteiger partial charge is 0.261 e. The average molecular weight is 439 g/mol. The molecule has 4 nitrogen and oxygen atoms in total. The number of rotatable bonds is 5. The van der Waals surface area contributed by atoms with Crippen LogP contribution < -0.4 is 4.90 Å². The maximum absolute atomic E-state index is 13.1.